The van der Waals surface area contributed by atoms with Crippen molar-refractivity contribution in [1.29, 1.82) is 0 Å². The summed E-state index contributed by atoms with van der Waals surface area (Å²) in [5.41, 5.74) is 4.51. The molecule has 0 aromatic heterocycles. The first-order valence-electron chi connectivity index (χ1n) is 14.4. The molecule has 1 unspecified atom stereocenters. The number of rotatable bonds is 4. The number of nitrogens with zero attached hydrogens (tertiary/aromatic N) is 1. The molecule has 3 aliphatic rings. The van der Waals surface area contributed by atoms with Crippen molar-refractivity contribution in [2.45, 2.75) is 44.7 Å². The van der Waals surface area contributed by atoms with Crippen LogP contribution in [-0.4, -0.2) is 29.4 Å². The Labute approximate surface area is 250 Å². The maximum atomic E-state index is 14.8. The number of hydrogen-bond acceptors (Lipinski definition) is 4. The second-order valence-corrected chi connectivity index (χ2v) is 12.4. The lowest BCUT2D eigenvalue weighted by molar-refractivity contribution is 0.0666. The molecule has 1 aliphatic carbocycles. The van der Waals surface area contributed by atoms with Crippen LogP contribution >= 0.6 is 11.6 Å². The van der Waals surface area contributed by atoms with E-state index in [-0.39, 0.29) is 17.3 Å². The molecule has 0 saturated carbocycles. The molecule has 0 radical (unpaired) electrons. The Balaban J connectivity index is 1.53. The quantitative estimate of drug-likeness (QED) is 0.183. The fraction of sp³-hybridized carbons (Fsp3) is 0.216. The minimum Gasteiger partial charge on any atom is -0.352 e. The summed E-state index contributed by atoms with van der Waals surface area (Å²) < 4.78 is 0. The van der Waals surface area contributed by atoms with Gasteiger partial charge in [0.2, 0.25) is 0 Å². The molecular formula is C37H30ClNO3. The SMILES string of the molecule is Cc1ccc(C(=O)[C@H]2[C@H](c3ccc(C(C)C)cc3)C3(C(=O)c4ccccc4C3=O)C3C=Cc4cc(Cl)ccc4N32)cc1. The molecule has 0 N–H and O–H groups in total. The zero-order chi connectivity index (χ0) is 29.3. The van der Waals surface area contributed by atoms with Gasteiger partial charge < -0.3 is 4.90 Å². The van der Waals surface area contributed by atoms with Crippen LogP contribution in [-0.2, 0) is 0 Å². The predicted molar refractivity (Wildman–Crippen MR) is 167 cm³/mol. The Morgan fingerprint density at radius 2 is 1.50 bits per heavy atom. The Morgan fingerprint density at radius 3 is 2.12 bits per heavy atom. The van der Waals surface area contributed by atoms with E-state index in [1.54, 1.807) is 30.3 Å². The third-order valence-electron chi connectivity index (χ3n) is 9.33. The third kappa shape index (κ3) is 3.64. The van der Waals surface area contributed by atoms with Crippen molar-refractivity contribution in [2.75, 3.05) is 4.90 Å². The first-order chi connectivity index (χ1) is 20.2. The number of anilines is 1. The predicted octanol–water partition coefficient (Wildman–Crippen LogP) is 8.09. The molecule has 2 heterocycles. The number of fused-ring (bicyclic) bond motifs is 5. The number of carbonyl (C=O) groups excluding carboxylic acids is 3. The monoisotopic (exact) mass is 571 g/mol. The largest absolute Gasteiger partial charge is 0.352 e. The lowest BCUT2D eigenvalue weighted by Gasteiger charge is -2.37. The molecule has 1 saturated heterocycles. The van der Waals surface area contributed by atoms with E-state index < -0.39 is 23.4 Å². The molecule has 0 amide bonds. The highest BCUT2D eigenvalue weighted by atomic mass is 35.5. The van der Waals surface area contributed by atoms with Crippen LogP contribution in [0.15, 0.2) is 97.1 Å². The highest BCUT2D eigenvalue weighted by Crippen LogP contribution is 2.61. The van der Waals surface area contributed by atoms with Gasteiger partial charge in [-0.2, -0.15) is 0 Å². The zero-order valence-electron chi connectivity index (χ0n) is 23.7. The first kappa shape index (κ1) is 26.6. The van der Waals surface area contributed by atoms with Crippen LogP contribution in [0.5, 0.6) is 0 Å². The lowest BCUT2D eigenvalue weighted by atomic mass is 9.64. The van der Waals surface area contributed by atoms with E-state index in [1.807, 2.05) is 72.5 Å². The molecule has 4 aromatic rings. The van der Waals surface area contributed by atoms with E-state index in [1.165, 1.54) is 0 Å². The van der Waals surface area contributed by atoms with Crippen molar-refractivity contribution in [1.82, 2.24) is 0 Å². The summed E-state index contributed by atoms with van der Waals surface area (Å²) in [7, 11) is 0. The fourth-order valence-corrected chi connectivity index (χ4v) is 7.48. The number of carbonyl (C=O) groups is 3. The van der Waals surface area contributed by atoms with Crippen LogP contribution in [0.1, 0.15) is 79.0 Å². The second kappa shape index (κ2) is 9.64. The summed E-state index contributed by atoms with van der Waals surface area (Å²) >= 11 is 6.39. The summed E-state index contributed by atoms with van der Waals surface area (Å²) in [6, 6.07) is 26.8. The summed E-state index contributed by atoms with van der Waals surface area (Å²) in [6.45, 7) is 6.24. The van der Waals surface area contributed by atoms with Crippen LogP contribution in [0.25, 0.3) is 6.08 Å². The Bertz CT molecular complexity index is 1770. The van der Waals surface area contributed by atoms with Crippen LogP contribution in [0.4, 0.5) is 5.69 Å². The van der Waals surface area contributed by atoms with Gasteiger partial charge in [0, 0.05) is 33.3 Å². The Kier molecular flexibility index (Phi) is 6.11. The van der Waals surface area contributed by atoms with Crippen LogP contribution in [0.2, 0.25) is 5.02 Å². The molecule has 7 rings (SSSR count). The highest BCUT2D eigenvalue weighted by Gasteiger charge is 2.71. The molecule has 1 spiro atoms. The van der Waals surface area contributed by atoms with E-state index in [4.69, 9.17) is 11.6 Å². The minimum atomic E-state index is -1.51. The summed E-state index contributed by atoms with van der Waals surface area (Å²) in [5, 5.41) is 0.577. The second-order valence-electron chi connectivity index (χ2n) is 12.0. The number of halogens is 1. The minimum absolute atomic E-state index is 0.123. The molecule has 42 heavy (non-hydrogen) atoms. The average Bonchev–Trinajstić information content (AvgIpc) is 3.43. The van der Waals surface area contributed by atoms with Gasteiger partial charge in [0.1, 0.15) is 11.5 Å². The standard InChI is InChI=1S/C37H30ClNO3/c1-21(2)23-12-14-24(15-13-23)32-33(34(40)25-10-8-22(3)9-11-25)39-30-18-17-27(38)20-26(30)16-19-31(39)37(32)35(41)28-6-4-5-7-29(28)36(37)42/h4-21,31-33H,1-3H3/t31?,32-,33+/m0/s1. The van der Waals surface area contributed by atoms with Gasteiger partial charge >= 0.3 is 0 Å². The smallest absolute Gasteiger partial charge is 0.185 e. The van der Waals surface area contributed by atoms with E-state index in [0.717, 1.165) is 27.9 Å². The zero-order valence-corrected chi connectivity index (χ0v) is 24.4. The van der Waals surface area contributed by atoms with E-state index in [9.17, 15) is 14.4 Å². The molecular weight excluding hydrogens is 542 g/mol. The van der Waals surface area contributed by atoms with Crippen molar-refractivity contribution in [3.63, 3.8) is 0 Å². The molecule has 5 heteroatoms. The van der Waals surface area contributed by atoms with Gasteiger partial charge in [-0.3, -0.25) is 14.4 Å². The van der Waals surface area contributed by atoms with Gasteiger partial charge in [-0.05, 0) is 47.7 Å². The van der Waals surface area contributed by atoms with Gasteiger partial charge in [0.15, 0.2) is 17.3 Å². The van der Waals surface area contributed by atoms with Gasteiger partial charge in [-0.25, -0.2) is 0 Å². The molecule has 1 fully saturated rings. The van der Waals surface area contributed by atoms with E-state index in [2.05, 4.69) is 26.0 Å². The lowest BCUT2D eigenvalue weighted by Crippen LogP contribution is -2.48. The number of Topliss-reactive ketones (excluding diaryl/α,β-unsaturated/α-hetero) is 3. The van der Waals surface area contributed by atoms with Gasteiger partial charge in [-0.15, -0.1) is 0 Å². The van der Waals surface area contributed by atoms with Crippen LogP contribution < -0.4 is 4.90 Å². The van der Waals surface area contributed by atoms with Crippen molar-refractivity contribution in [3.8, 4) is 0 Å². The van der Waals surface area contributed by atoms with E-state index >= 15 is 0 Å². The first-order valence-corrected chi connectivity index (χ1v) is 14.8. The number of hydrogen-bond donors (Lipinski definition) is 0. The summed E-state index contributed by atoms with van der Waals surface area (Å²) in [6.07, 6.45) is 3.86. The van der Waals surface area contributed by atoms with Gasteiger partial charge in [-0.1, -0.05) is 116 Å². The third-order valence-corrected chi connectivity index (χ3v) is 9.57. The van der Waals surface area contributed by atoms with Crippen molar-refractivity contribution in [3.05, 3.63) is 141 Å². The highest BCUT2D eigenvalue weighted by molar-refractivity contribution is 6.32. The summed E-state index contributed by atoms with van der Waals surface area (Å²) in [4.78, 5) is 46.3. The Morgan fingerprint density at radius 1 is 0.857 bits per heavy atom. The molecule has 3 atom stereocenters. The maximum absolute atomic E-state index is 14.8. The van der Waals surface area contributed by atoms with Crippen molar-refractivity contribution in [2.24, 2.45) is 5.41 Å². The fourth-order valence-electron chi connectivity index (χ4n) is 7.30. The average molecular weight is 572 g/mol. The molecule has 208 valence electrons. The molecule has 0 bridgehead atoms. The molecule has 4 aromatic carbocycles. The summed E-state index contributed by atoms with van der Waals surface area (Å²) in [5.74, 6) is -0.986. The van der Waals surface area contributed by atoms with E-state index in [0.29, 0.717) is 27.6 Å². The van der Waals surface area contributed by atoms with Crippen molar-refractivity contribution < 1.29 is 14.4 Å². The van der Waals surface area contributed by atoms with Crippen molar-refractivity contribution >= 4 is 40.7 Å². The van der Waals surface area contributed by atoms with Crippen LogP contribution in [0.3, 0.4) is 0 Å². The van der Waals surface area contributed by atoms with Crippen LogP contribution in [0, 0.1) is 12.3 Å². The van der Waals surface area contributed by atoms with Gasteiger partial charge in [0.05, 0.1) is 6.04 Å². The number of ketones is 3. The topological polar surface area (TPSA) is 54.5 Å². The number of aryl methyl sites for hydroxylation is 1. The molecule has 2 aliphatic heterocycles. The number of benzene rings is 4. The normalized spacial score (nSPS) is 21.5. The Hall–Kier alpha value is -4.28. The molecule has 4 nitrogen and oxygen atoms in total. The van der Waals surface area contributed by atoms with Gasteiger partial charge in [0.25, 0.3) is 0 Å². The maximum Gasteiger partial charge on any atom is 0.185 e.